The first-order valence-electron chi connectivity index (χ1n) is 9.92. The van der Waals surface area contributed by atoms with Gasteiger partial charge in [-0.05, 0) is 30.5 Å². The first-order valence-corrected chi connectivity index (χ1v) is 9.92. The summed E-state index contributed by atoms with van der Waals surface area (Å²) in [6, 6.07) is 5.06. The number of halogens is 3. The van der Waals surface area contributed by atoms with Gasteiger partial charge in [0.25, 0.3) is 0 Å². The lowest BCUT2D eigenvalue weighted by Crippen LogP contribution is -2.72. The number of ether oxygens (including phenoxy) is 1. The van der Waals surface area contributed by atoms with Crippen molar-refractivity contribution < 1.29 is 27.5 Å². The second-order valence-corrected chi connectivity index (χ2v) is 8.54. The monoisotopic (exact) mass is 409 g/mol. The zero-order valence-corrected chi connectivity index (χ0v) is 15.8. The van der Waals surface area contributed by atoms with Crippen molar-refractivity contribution in [2.45, 2.75) is 37.2 Å². The molecule has 1 aliphatic carbocycles. The number of carbonyl (C=O) groups is 2. The second kappa shape index (κ2) is 6.35. The molecule has 1 atom stereocenters. The summed E-state index contributed by atoms with van der Waals surface area (Å²) < 4.78 is 43.9. The topological polar surface area (TPSA) is 53.1 Å². The van der Waals surface area contributed by atoms with Gasteiger partial charge in [0, 0.05) is 32.1 Å². The number of alkyl halides is 3. The number of rotatable bonds is 3. The quantitative estimate of drug-likeness (QED) is 0.769. The van der Waals surface area contributed by atoms with Crippen molar-refractivity contribution in [2.24, 2.45) is 5.92 Å². The van der Waals surface area contributed by atoms with E-state index in [-0.39, 0.29) is 24.0 Å². The summed E-state index contributed by atoms with van der Waals surface area (Å²) in [5, 5.41) is 0. The van der Waals surface area contributed by atoms with Crippen molar-refractivity contribution in [3.05, 3.63) is 35.4 Å². The van der Waals surface area contributed by atoms with Crippen LogP contribution in [0.5, 0.6) is 0 Å². The maximum absolute atomic E-state index is 12.7. The van der Waals surface area contributed by atoms with Crippen LogP contribution in [0.2, 0.25) is 0 Å². The number of hydrogen-bond acceptors (Lipinski definition) is 4. The van der Waals surface area contributed by atoms with Crippen LogP contribution in [0.3, 0.4) is 0 Å². The van der Waals surface area contributed by atoms with Crippen molar-refractivity contribution >= 4 is 12.0 Å². The maximum Gasteiger partial charge on any atom is 0.416 e. The molecule has 1 aromatic rings. The molecule has 0 aromatic heterocycles. The molecule has 4 fully saturated rings. The van der Waals surface area contributed by atoms with E-state index in [9.17, 15) is 22.8 Å². The van der Waals surface area contributed by atoms with Crippen LogP contribution in [-0.2, 0) is 22.3 Å². The molecule has 5 rings (SSSR count). The van der Waals surface area contributed by atoms with Crippen LogP contribution >= 0.6 is 0 Å². The Balaban J connectivity index is 1.25. The number of fused-ring (bicyclic) bond motifs is 2. The molecule has 6 nitrogen and oxygen atoms in total. The number of amides is 2. The van der Waals surface area contributed by atoms with Gasteiger partial charge in [0.2, 0.25) is 5.91 Å². The number of nitrogens with zero attached hydrogens (tertiary/aromatic N) is 3. The SMILES string of the molecule is O=C(C1CC1)N1CC2(C1)OC(=O)N1CCN(Cc3ccc(C(F)(F)F)cc3)CC12. The molecule has 0 bridgehead atoms. The highest BCUT2D eigenvalue weighted by atomic mass is 19.4. The normalized spacial score (nSPS) is 26.3. The standard InChI is InChI=1S/C20H22F3N3O3/c21-20(22,23)15-5-1-13(2-6-15)9-24-7-8-26-16(10-24)19(29-18(26)28)11-25(12-19)17(27)14-3-4-14/h1-2,5-6,14,16H,3-4,7-12H2. The fraction of sp³-hybridized carbons (Fsp3) is 0.600. The molecule has 0 N–H and O–H groups in total. The van der Waals surface area contributed by atoms with Crippen molar-refractivity contribution in [3.8, 4) is 0 Å². The molecule has 9 heteroatoms. The fourth-order valence-corrected chi connectivity index (χ4v) is 4.63. The minimum absolute atomic E-state index is 0.138. The molecule has 1 aromatic carbocycles. The first-order chi connectivity index (χ1) is 13.7. The zero-order valence-electron chi connectivity index (χ0n) is 15.8. The molecule has 2 amide bonds. The summed E-state index contributed by atoms with van der Waals surface area (Å²) >= 11 is 0. The Bertz CT molecular complexity index is 832. The van der Waals surface area contributed by atoms with Crippen molar-refractivity contribution in [1.29, 1.82) is 0 Å². The minimum atomic E-state index is -4.34. The smallest absolute Gasteiger partial charge is 0.416 e. The van der Waals surface area contributed by atoms with Crippen molar-refractivity contribution in [2.75, 3.05) is 32.7 Å². The summed E-state index contributed by atoms with van der Waals surface area (Å²) in [4.78, 5) is 30.2. The van der Waals surface area contributed by atoms with Gasteiger partial charge in [-0.25, -0.2) is 4.79 Å². The molecule has 3 aliphatic heterocycles. The van der Waals surface area contributed by atoms with Gasteiger partial charge in [-0.2, -0.15) is 13.2 Å². The van der Waals surface area contributed by atoms with E-state index in [0.717, 1.165) is 30.5 Å². The van der Waals surface area contributed by atoms with Crippen LogP contribution in [0.25, 0.3) is 0 Å². The summed E-state index contributed by atoms with van der Waals surface area (Å²) in [7, 11) is 0. The lowest BCUT2D eigenvalue weighted by atomic mass is 9.84. The van der Waals surface area contributed by atoms with Gasteiger partial charge in [0.05, 0.1) is 24.7 Å². The molecule has 0 radical (unpaired) electrons. The Labute approximate surface area is 166 Å². The molecule has 4 aliphatic rings. The van der Waals surface area contributed by atoms with Crippen LogP contribution in [-0.4, -0.2) is 71.1 Å². The molecule has 1 unspecified atom stereocenters. The Kier molecular flexibility index (Phi) is 4.10. The van der Waals surface area contributed by atoms with Crippen LogP contribution in [0.1, 0.15) is 24.0 Å². The summed E-state index contributed by atoms with van der Waals surface area (Å²) in [5.74, 6) is 0.297. The van der Waals surface area contributed by atoms with E-state index in [1.54, 1.807) is 9.80 Å². The molecular weight excluding hydrogens is 387 g/mol. The van der Waals surface area contributed by atoms with Crippen LogP contribution in [0, 0.1) is 5.92 Å². The maximum atomic E-state index is 12.7. The third-order valence-corrected chi connectivity index (χ3v) is 6.44. The van der Waals surface area contributed by atoms with Crippen molar-refractivity contribution in [3.63, 3.8) is 0 Å². The molecule has 29 heavy (non-hydrogen) atoms. The van der Waals surface area contributed by atoms with Gasteiger partial charge in [-0.1, -0.05) is 12.1 Å². The minimum Gasteiger partial charge on any atom is -0.437 e. The van der Waals surface area contributed by atoms with Crippen LogP contribution in [0.15, 0.2) is 24.3 Å². The number of likely N-dealkylation sites (tertiary alicyclic amines) is 1. The Morgan fingerprint density at radius 2 is 1.83 bits per heavy atom. The Hall–Kier alpha value is -2.29. The van der Waals surface area contributed by atoms with E-state index in [4.69, 9.17) is 4.74 Å². The van der Waals surface area contributed by atoms with Gasteiger partial charge in [-0.3, -0.25) is 14.6 Å². The average Bonchev–Trinajstić information content (AvgIpc) is 3.44. The van der Waals surface area contributed by atoms with Crippen LogP contribution in [0.4, 0.5) is 18.0 Å². The largest absolute Gasteiger partial charge is 0.437 e. The molecule has 156 valence electrons. The molecular formula is C20H22F3N3O3. The summed E-state index contributed by atoms with van der Waals surface area (Å²) in [5.41, 5.74) is -0.514. The van der Waals surface area contributed by atoms with E-state index >= 15 is 0 Å². The van der Waals surface area contributed by atoms with Gasteiger partial charge < -0.3 is 9.64 Å². The fourth-order valence-electron chi connectivity index (χ4n) is 4.63. The van der Waals surface area contributed by atoms with E-state index < -0.39 is 17.3 Å². The highest BCUT2D eigenvalue weighted by molar-refractivity contribution is 5.83. The zero-order chi connectivity index (χ0) is 20.4. The van der Waals surface area contributed by atoms with Crippen molar-refractivity contribution in [1.82, 2.24) is 14.7 Å². The van der Waals surface area contributed by atoms with Crippen LogP contribution < -0.4 is 0 Å². The summed E-state index contributed by atoms with van der Waals surface area (Å²) in [6.07, 6.45) is -2.79. The highest BCUT2D eigenvalue weighted by Crippen LogP contribution is 2.42. The summed E-state index contributed by atoms with van der Waals surface area (Å²) in [6.45, 7) is 3.11. The van der Waals surface area contributed by atoms with Gasteiger partial charge in [-0.15, -0.1) is 0 Å². The second-order valence-electron chi connectivity index (χ2n) is 8.54. The number of piperazine rings is 1. The van der Waals surface area contributed by atoms with E-state index in [0.29, 0.717) is 39.3 Å². The number of carbonyl (C=O) groups excluding carboxylic acids is 2. The molecule has 1 spiro atoms. The average molecular weight is 409 g/mol. The highest BCUT2D eigenvalue weighted by Gasteiger charge is 2.63. The van der Waals surface area contributed by atoms with Gasteiger partial charge in [0.1, 0.15) is 0 Å². The van der Waals surface area contributed by atoms with E-state index in [2.05, 4.69) is 4.90 Å². The lowest BCUT2D eigenvalue weighted by molar-refractivity contribution is -0.157. The molecule has 3 saturated heterocycles. The molecule has 1 saturated carbocycles. The number of benzene rings is 1. The predicted molar refractivity (Wildman–Crippen MR) is 95.7 cm³/mol. The Morgan fingerprint density at radius 1 is 1.14 bits per heavy atom. The number of hydrogen-bond donors (Lipinski definition) is 0. The molecule has 3 heterocycles. The van der Waals surface area contributed by atoms with E-state index in [1.807, 2.05) is 0 Å². The predicted octanol–water partition coefficient (Wildman–Crippen LogP) is 2.33. The third kappa shape index (κ3) is 3.25. The lowest BCUT2D eigenvalue weighted by Gasteiger charge is -2.51. The van der Waals surface area contributed by atoms with Gasteiger partial charge in [0.15, 0.2) is 5.60 Å². The van der Waals surface area contributed by atoms with Gasteiger partial charge >= 0.3 is 12.3 Å². The van der Waals surface area contributed by atoms with E-state index in [1.165, 1.54) is 12.1 Å². The third-order valence-electron chi connectivity index (χ3n) is 6.44. The Morgan fingerprint density at radius 3 is 2.45 bits per heavy atom. The first kappa shape index (κ1) is 18.7.